The first-order valence-corrected chi connectivity index (χ1v) is 10.9. The number of ether oxygens (including phenoxy) is 1. The Morgan fingerprint density at radius 1 is 1.24 bits per heavy atom. The summed E-state index contributed by atoms with van der Waals surface area (Å²) in [4.78, 5) is 28.3. The van der Waals surface area contributed by atoms with Gasteiger partial charge in [0, 0.05) is 49.7 Å². The van der Waals surface area contributed by atoms with E-state index in [0.717, 1.165) is 11.3 Å². The van der Waals surface area contributed by atoms with Gasteiger partial charge in [-0.2, -0.15) is 0 Å². The largest absolute Gasteiger partial charge is 0.465 e. The normalized spacial score (nSPS) is 28.0. The summed E-state index contributed by atoms with van der Waals surface area (Å²) in [6.45, 7) is 4.14. The van der Waals surface area contributed by atoms with Gasteiger partial charge in [0.2, 0.25) is 0 Å². The van der Waals surface area contributed by atoms with Crippen LogP contribution in [-0.4, -0.2) is 66.4 Å². The fraction of sp³-hybridized carbons (Fsp3) is 0.417. The lowest BCUT2D eigenvalue weighted by molar-refractivity contribution is 0.00886. The Balaban J connectivity index is 1.52. The second kappa shape index (κ2) is 8.46. The van der Waals surface area contributed by atoms with Crippen molar-refractivity contribution in [3.05, 3.63) is 65.7 Å². The van der Waals surface area contributed by atoms with E-state index in [2.05, 4.69) is 16.0 Å². The molecule has 3 aliphatic heterocycles. The number of carbonyl (C=O) groups is 2. The molecule has 8 nitrogen and oxygen atoms in total. The van der Waals surface area contributed by atoms with Gasteiger partial charge in [-0.1, -0.05) is 6.07 Å². The zero-order valence-electron chi connectivity index (χ0n) is 19.3. The van der Waals surface area contributed by atoms with Crippen molar-refractivity contribution in [2.75, 3.05) is 32.6 Å². The number of carbonyl (C=O) groups excluding carboxylic acids is 2. The summed E-state index contributed by atoms with van der Waals surface area (Å²) in [5.74, 6) is -0.481. The highest BCUT2D eigenvalue weighted by atomic mass is 19.1. The van der Waals surface area contributed by atoms with Gasteiger partial charge < -0.3 is 30.5 Å². The van der Waals surface area contributed by atoms with Gasteiger partial charge in [-0.3, -0.25) is 0 Å². The van der Waals surface area contributed by atoms with Gasteiger partial charge in [0.1, 0.15) is 11.3 Å². The molecule has 1 fully saturated rings. The van der Waals surface area contributed by atoms with Crippen molar-refractivity contribution < 1.29 is 18.7 Å². The van der Waals surface area contributed by atoms with E-state index in [-0.39, 0.29) is 19.0 Å². The Morgan fingerprint density at radius 3 is 2.70 bits per heavy atom. The molecule has 0 saturated carbocycles. The summed E-state index contributed by atoms with van der Waals surface area (Å²) in [5.41, 5.74) is 0.820. The van der Waals surface area contributed by atoms with Crippen molar-refractivity contribution in [2.45, 2.75) is 37.6 Å². The van der Waals surface area contributed by atoms with Crippen LogP contribution in [0.3, 0.4) is 0 Å². The second-order valence-electron chi connectivity index (χ2n) is 8.98. The van der Waals surface area contributed by atoms with E-state index in [4.69, 9.17) is 4.74 Å². The molecule has 1 saturated heterocycles. The number of amides is 2. The number of nitrogens with zero attached hydrogens (tertiary/aromatic N) is 2. The van der Waals surface area contributed by atoms with E-state index in [1.54, 1.807) is 36.1 Å². The maximum Gasteiger partial charge on any atom is 0.337 e. The number of piperidine rings is 1. The number of dihydropyridines is 1. The number of hydrogen-bond donors (Lipinski definition) is 3. The lowest BCUT2D eigenvalue weighted by Gasteiger charge is -2.47. The number of rotatable bonds is 4. The van der Waals surface area contributed by atoms with E-state index in [0.29, 0.717) is 17.8 Å². The molecular weight excluding hydrogens is 425 g/mol. The van der Waals surface area contributed by atoms with Crippen molar-refractivity contribution in [3.8, 4) is 0 Å². The molecule has 9 heteroatoms. The number of methoxy groups -OCH3 is 1. The van der Waals surface area contributed by atoms with Crippen LogP contribution in [0.15, 0.2) is 60.1 Å². The Morgan fingerprint density at radius 2 is 1.97 bits per heavy atom. The van der Waals surface area contributed by atoms with Gasteiger partial charge in [-0.25, -0.2) is 14.0 Å². The smallest absolute Gasteiger partial charge is 0.337 e. The Bertz CT molecular complexity index is 1050. The summed E-state index contributed by atoms with van der Waals surface area (Å²) in [5, 5.41) is 9.40. The standard InChI is InChI=1S/C24H30FN5O3/c1-23(25)10-13-30(22(32)28-17-7-5-6-16(14-17)21(31)33-4)15-20(23)29(3)19-9-12-27-24(2)18(19)8-11-26-24/h5-9,11-12,14,20,26-27H,10,13,15H2,1-4H3,(H,28,32)/t20?,23-,24?/m1/s1. The molecule has 4 rings (SSSR count). The number of fused-ring (bicyclic) bond motifs is 1. The number of nitrogens with one attached hydrogen (secondary N) is 3. The van der Waals surface area contributed by atoms with Gasteiger partial charge in [0.15, 0.2) is 0 Å². The number of esters is 1. The van der Waals surface area contributed by atoms with Crippen molar-refractivity contribution in [1.82, 2.24) is 20.4 Å². The maximum atomic E-state index is 15.7. The molecule has 0 bridgehead atoms. The SMILES string of the molecule is COC(=O)c1cccc(NC(=O)N2CC[C@@](C)(F)C(N(C)C3=C4C=CNC4(C)NC=C3)C2)c1. The van der Waals surface area contributed by atoms with Crippen LogP contribution in [0.1, 0.15) is 30.6 Å². The number of likely N-dealkylation sites (N-methyl/N-ethyl adjacent to an activating group) is 1. The molecule has 0 aromatic heterocycles. The lowest BCUT2D eigenvalue weighted by Crippen LogP contribution is -2.60. The van der Waals surface area contributed by atoms with Crippen molar-refractivity contribution in [1.29, 1.82) is 0 Å². The summed E-state index contributed by atoms with van der Waals surface area (Å²) >= 11 is 0. The molecule has 0 radical (unpaired) electrons. The highest BCUT2D eigenvalue weighted by Crippen LogP contribution is 2.36. The molecule has 1 aromatic carbocycles. The summed E-state index contributed by atoms with van der Waals surface area (Å²) in [6.07, 6.45) is 7.86. The van der Waals surface area contributed by atoms with Gasteiger partial charge in [0.25, 0.3) is 0 Å². The minimum absolute atomic E-state index is 0.216. The number of hydrogen-bond acceptors (Lipinski definition) is 6. The van der Waals surface area contributed by atoms with Crippen LogP contribution in [0.4, 0.5) is 14.9 Å². The van der Waals surface area contributed by atoms with Gasteiger partial charge >= 0.3 is 12.0 Å². The molecular formula is C24H30FN5O3. The third-order valence-electron chi connectivity index (χ3n) is 6.68. The van der Waals surface area contributed by atoms with Crippen LogP contribution in [0.2, 0.25) is 0 Å². The highest BCUT2D eigenvalue weighted by molar-refractivity contribution is 5.94. The molecule has 3 atom stereocenters. The van der Waals surface area contributed by atoms with Gasteiger partial charge in [-0.05, 0) is 50.4 Å². The molecule has 176 valence electrons. The van der Waals surface area contributed by atoms with Crippen LogP contribution in [0.5, 0.6) is 0 Å². The van der Waals surface area contributed by atoms with Crippen molar-refractivity contribution >= 4 is 17.7 Å². The topological polar surface area (TPSA) is 85.9 Å². The molecule has 2 unspecified atom stereocenters. The minimum Gasteiger partial charge on any atom is -0.465 e. The number of anilines is 1. The van der Waals surface area contributed by atoms with E-state index in [1.165, 1.54) is 7.11 Å². The van der Waals surface area contributed by atoms with Crippen LogP contribution < -0.4 is 16.0 Å². The zero-order chi connectivity index (χ0) is 23.8. The van der Waals surface area contributed by atoms with E-state index in [9.17, 15) is 9.59 Å². The average Bonchev–Trinajstić information content (AvgIpc) is 3.19. The number of allylic oxidation sites excluding steroid dienone is 1. The average molecular weight is 456 g/mol. The Hall–Kier alpha value is -3.49. The number of benzene rings is 1. The van der Waals surface area contributed by atoms with E-state index >= 15 is 4.39 Å². The zero-order valence-corrected chi connectivity index (χ0v) is 19.3. The highest BCUT2D eigenvalue weighted by Gasteiger charge is 2.45. The number of urea groups is 1. The monoisotopic (exact) mass is 455 g/mol. The van der Waals surface area contributed by atoms with Gasteiger partial charge in [0.05, 0.1) is 18.7 Å². The number of likely N-dealkylation sites (tertiary alicyclic amines) is 1. The van der Waals surface area contributed by atoms with Crippen LogP contribution in [0, 0.1) is 0 Å². The summed E-state index contributed by atoms with van der Waals surface area (Å²) in [6, 6.07) is 5.67. The van der Waals surface area contributed by atoms with Crippen molar-refractivity contribution in [2.24, 2.45) is 0 Å². The lowest BCUT2D eigenvalue weighted by atomic mass is 9.87. The molecule has 0 aliphatic carbocycles. The fourth-order valence-corrected chi connectivity index (χ4v) is 4.62. The third-order valence-corrected chi connectivity index (χ3v) is 6.68. The summed E-state index contributed by atoms with van der Waals surface area (Å²) in [7, 11) is 3.17. The molecule has 3 N–H and O–H groups in total. The van der Waals surface area contributed by atoms with Crippen molar-refractivity contribution in [3.63, 3.8) is 0 Å². The number of alkyl halides is 1. The molecule has 3 aliphatic rings. The van der Waals surface area contributed by atoms with E-state index < -0.39 is 23.3 Å². The molecule has 1 aromatic rings. The first-order valence-electron chi connectivity index (χ1n) is 10.9. The van der Waals surface area contributed by atoms with Crippen LogP contribution in [0.25, 0.3) is 0 Å². The fourth-order valence-electron chi connectivity index (χ4n) is 4.62. The first-order chi connectivity index (χ1) is 15.6. The van der Waals surface area contributed by atoms with E-state index in [1.807, 2.05) is 43.4 Å². The maximum absolute atomic E-state index is 15.7. The number of halogens is 1. The molecule has 2 amide bonds. The molecule has 0 spiro atoms. The molecule has 33 heavy (non-hydrogen) atoms. The first kappa shape index (κ1) is 22.7. The predicted molar refractivity (Wildman–Crippen MR) is 124 cm³/mol. The molecule has 3 heterocycles. The predicted octanol–water partition coefficient (Wildman–Crippen LogP) is 2.94. The van der Waals surface area contributed by atoms with Gasteiger partial charge in [-0.15, -0.1) is 0 Å². The Kier molecular flexibility index (Phi) is 5.82. The van der Waals surface area contributed by atoms with Crippen LogP contribution in [-0.2, 0) is 4.74 Å². The summed E-state index contributed by atoms with van der Waals surface area (Å²) < 4.78 is 20.4. The van der Waals surface area contributed by atoms with Crippen LogP contribution >= 0.6 is 0 Å². The minimum atomic E-state index is -1.48. The second-order valence-corrected chi connectivity index (χ2v) is 8.98. The quantitative estimate of drug-likeness (QED) is 0.606. The third kappa shape index (κ3) is 4.27. The Labute approximate surface area is 193 Å².